The van der Waals surface area contributed by atoms with E-state index in [2.05, 4.69) is 65.0 Å². The van der Waals surface area contributed by atoms with E-state index in [-0.39, 0.29) is 0 Å². The molecule has 0 aliphatic carbocycles. The Morgan fingerprint density at radius 1 is 0.682 bits per heavy atom. The van der Waals surface area contributed by atoms with Gasteiger partial charge in [-0.25, -0.2) is 0 Å². The van der Waals surface area contributed by atoms with Crippen molar-refractivity contribution in [1.29, 1.82) is 0 Å². The van der Waals surface area contributed by atoms with Gasteiger partial charge in [0.15, 0.2) is 0 Å². The van der Waals surface area contributed by atoms with Crippen LogP contribution in [0.3, 0.4) is 0 Å². The Bertz CT molecular complexity index is 1060. The molecule has 22 heavy (non-hydrogen) atoms. The fourth-order valence-electron chi connectivity index (χ4n) is 3.59. The molecule has 3 aromatic carbocycles. The highest BCUT2D eigenvalue weighted by atomic mass is 16.3. The zero-order valence-electron chi connectivity index (χ0n) is 13.8. The van der Waals surface area contributed by atoms with Crippen molar-refractivity contribution in [3.8, 4) is 0 Å². The molecule has 0 saturated carbocycles. The lowest BCUT2D eigenvalue weighted by Gasteiger charge is -2.10. The fraction of sp³-hybridized carbons (Fsp3) is 0.238. The Morgan fingerprint density at radius 3 is 2.18 bits per heavy atom. The molecule has 1 heteroatoms. The number of fused-ring (bicyclic) bond motifs is 5. The third-order valence-electron chi connectivity index (χ3n) is 5.23. The van der Waals surface area contributed by atoms with E-state index < -0.39 is 0 Å². The second-order valence-corrected chi connectivity index (χ2v) is 6.47. The molecule has 0 N–H and O–H groups in total. The van der Waals surface area contributed by atoms with E-state index in [1.54, 1.807) is 0 Å². The van der Waals surface area contributed by atoms with Gasteiger partial charge < -0.3 is 4.42 Å². The van der Waals surface area contributed by atoms with Crippen LogP contribution in [0, 0.1) is 34.6 Å². The molecule has 1 nitrogen and oxygen atoms in total. The van der Waals surface area contributed by atoms with E-state index in [9.17, 15) is 0 Å². The van der Waals surface area contributed by atoms with Crippen molar-refractivity contribution in [2.24, 2.45) is 0 Å². The van der Waals surface area contributed by atoms with Crippen molar-refractivity contribution in [3.05, 3.63) is 58.1 Å². The lowest BCUT2D eigenvalue weighted by atomic mass is 9.93. The molecule has 1 heterocycles. The molecule has 0 spiro atoms. The van der Waals surface area contributed by atoms with Gasteiger partial charge >= 0.3 is 0 Å². The second-order valence-electron chi connectivity index (χ2n) is 6.47. The van der Waals surface area contributed by atoms with Crippen LogP contribution in [0.5, 0.6) is 0 Å². The average molecular weight is 288 g/mol. The van der Waals surface area contributed by atoms with Crippen molar-refractivity contribution in [2.45, 2.75) is 34.6 Å². The molecule has 0 bridgehead atoms. The van der Waals surface area contributed by atoms with Crippen LogP contribution in [0.15, 0.2) is 34.7 Å². The highest BCUT2D eigenvalue weighted by Gasteiger charge is 2.17. The standard InChI is InChI=1S/C21H20O/c1-11-6-8-17-16(10-11)7-9-18-20(17)19-14(4)12(2)13(3)15(5)21(19)22-18/h6-10H,1-5H3. The van der Waals surface area contributed by atoms with E-state index >= 15 is 0 Å². The van der Waals surface area contributed by atoms with E-state index in [1.165, 1.54) is 49.4 Å². The van der Waals surface area contributed by atoms with Gasteiger partial charge in [0.05, 0.1) is 0 Å². The summed E-state index contributed by atoms with van der Waals surface area (Å²) in [6.45, 7) is 10.9. The molecule has 0 aliphatic rings. The normalized spacial score (nSPS) is 11.9. The summed E-state index contributed by atoms with van der Waals surface area (Å²) >= 11 is 0. The van der Waals surface area contributed by atoms with Gasteiger partial charge in [-0.2, -0.15) is 0 Å². The molecular weight excluding hydrogens is 268 g/mol. The molecule has 0 atom stereocenters. The topological polar surface area (TPSA) is 13.1 Å². The van der Waals surface area contributed by atoms with Gasteiger partial charge in [0.2, 0.25) is 0 Å². The smallest absolute Gasteiger partial charge is 0.138 e. The summed E-state index contributed by atoms with van der Waals surface area (Å²) < 4.78 is 6.24. The molecule has 0 radical (unpaired) electrons. The molecule has 0 amide bonds. The van der Waals surface area contributed by atoms with Gasteiger partial charge in [-0.15, -0.1) is 0 Å². The number of benzene rings is 3. The van der Waals surface area contributed by atoms with Crippen LogP contribution in [0.25, 0.3) is 32.7 Å². The second kappa shape index (κ2) is 4.36. The van der Waals surface area contributed by atoms with Crippen LogP contribution >= 0.6 is 0 Å². The van der Waals surface area contributed by atoms with Crippen LogP contribution in [0.4, 0.5) is 0 Å². The lowest BCUT2D eigenvalue weighted by Crippen LogP contribution is -1.92. The minimum atomic E-state index is 0.988. The first-order chi connectivity index (χ1) is 10.5. The van der Waals surface area contributed by atoms with E-state index in [1.807, 2.05) is 0 Å². The summed E-state index contributed by atoms with van der Waals surface area (Å²) in [5.41, 5.74) is 8.63. The first-order valence-corrected chi connectivity index (χ1v) is 7.81. The third kappa shape index (κ3) is 1.60. The van der Waals surface area contributed by atoms with E-state index in [0.29, 0.717) is 0 Å². The summed E-state index contributed by atoms with van der Waals surface area (Å²) in [6.07, 6.45) is 0. The minimum Gasteiger partial charge on any atom is -0.456 e. The summed E-state index contributed by atoms with van der Waals surface area (Å²) in [5, 5.41) is 5.11. The lowest BCUT2D eigenvalue weighted by molar-refractivity contribution is 0.665. The van der Waals surface area contributed by atoms with Gasteiger partial charge in [-0.05, 0) is 73.7 Å². The van der Waals surface area contributed by atoms with Gasteiger partial charge in [-0.1, -0.05) is 29.8 Å². The first-order valence-electron chi connectivity index (χ1n) is 7.81. The Kier molecular flexibility index (Phi) is 2.65. The number of hydrogen-bond donors (Lipinski definition) is 0. The van der Waals surface area contributed by atoms with Crippen LogP contribution < -0.4 is 0 Å². The quantitative estimate of drug-likeness (QED) is 0.371. The highest BCUT2D eigenvalue weighted by molar-refractivity contribution is 6.20. The van der Waals surface area contributed by atoms with Crippen molar-refractivity contribution in [2.75, 3.05) is 0 Å². The van der Waals surface area contributed by atoms with Crippen molar-refractivity contribution >= 4 is 32.7 Å². The van der Waals surface area contributed by atoms with E-state index in [0.717, 1.165) is 11.2 Å². The molecule has 4 rings (SSSR count). The number of furan rings is 1. The van der Waals surface area contributed by atoms with Crippen LogP contribution in [0.2, 0.25) is 0 Å². The molecular formula is C21H20O. The predicted octanol–water partition coefficient (Wildman–Crippen LogP) is 6.28. The van der Waals surface area contributed by atoms with Crippen molar-refractivity contribution < 1.29 is 4.42 Å². The zero-order chi connectivity index (χ0) is 15.6. The molecule has 0 aliphatic heterocycles. The number of aryl methyl sites for hydroxylation is 3. The van der Waals surface area contributed by atoms with Crippen molar-refractivity contribution in [3.63, 3.8) is 0 Å². The first kappa shape index (κ1) is 13.4. The number of hydrogen-bond acceptors (Lipinski definition) is 1. The molecule has 4 aromatic rings. The van der Waals surface area contributed by atoms with Crippen molar-refractivity contribution in [1.82, 2.24) is 0 Å². The molecule has 0 fully saturated rings. The molecule has 1 aromatic heterocycles. The SMILES string of the molecule is Cc1ccc2c(ccc3oc4c(C)c(C)c(C)c(C)c4c32)c1. The van der Waals surface area contributed by atoms with Crippen LogP contribution in [-0.4, -0.2) is 0 Å². The highest BCUT2D eigenvalue weighted by Crippen LogP contribution is 2.40. The summed E-state index contributed by atoms with van der Waals surface area (Å²) in [6, 6.07) is 10.9. The van der Waals surface area contributed by atoms with E-state index in [4.69, 9.17) is 4.42 Å². The maximum atomic E-state index is 6.24. The van der Waals surface area contributed by atoms with Gasteiger partial charge in [0, 0.05) is 10.8 Å². The number of rotatable bonds is 0. The Morgan fingerprint density at radius 2 is 1.41 bits per heavy atom. The minimum absolute atomic E-state index is 0.988. The Labute approximate surface area is 130 Å². The third-order valence-corrected chi connectivity index (χ3v) is 5.23. The van der Waals surface area contributed by atoms with Gasteiger partial charge in [0.1, 0.15) is 11.2 Å². The maximum absolute atomic E-state index is 6.24. The zero-order valence-corrected chi connectivity index (χ0v) is 13.8. The molecule has 110 valence electrons. The van der Waals surface area contributed by atoms with Crippen LogP contribution in [-0.2, 0) is 0 Å². The monoisotopic (exact) mass is 288 g/mol. The summed E-state index contributed by atoms with van der Waals surface area (Å²) in [7, 11) is 0. The Balaban J connectivity index is 2.35. The summed E-state index contributed by atoms with van der Waals surface area (Å²) in [5.74, 6) is 0. The molecule has 0 saturated heterocycles. The Hall–Kier alpha value is -2.28. The fourth-order valence-corrected chi connectivity index (χ4v) is 3.59. The maximum Gasteiger partial charge on any atom is 0.138 e. The van der Waals surface area contributed by atoms with Gasteiger partial charge in [-0.3, -0.25) is 0 Å². The predicted molar refractivity (Wildman–Crippen MR) is 94.9 cm³/mol. The van der Waals surface area contributed by atoms with Crippen LogP contribution in [0.1, 0.15) is 27.8 Å². The average Bonchev–Trinajstić information content (AvgIpc) is 2.90. The molecule has 0 unspecified atom stereocenters. The largest absolute Gasteiger partial charge is 0.456 e. The summed E-state index contributed by atoms with van der Waals surface area (Å²) in [4.78, 5) is 0. The van der Waals surface area contributed by atoms with Gasteiger partial charge in [0.25, 0.3) is 0 Å².